The minimum Gasteiger partial charge on any atom is -0.444 e. The van der Waals surface area contributed by atoms with E-state index < -0.39 is 18.4 Å². The number of nitrogens with zero attached hydrogens (tertiary/aromatic N) is 2. The second-order valence-corrected chi connectivity index (χ2v) is 8.99. The van der Waals surface area contributed by atoms with Gasteiger partial charge in [-0.1, -0.05) is 28.9 Å². The summed E-state index contributed by atoms with van der Waals surface area (Å²) in [6, 6.07) is 5.55. The molecule has 0 saturated heterocycles. The molecule has 6 nitrogen and oxygen atoms in total. The van der Waals surface area contributed by atoms with Crippen LogP contribution < -0.4 is 5.32 Å². The molecule has 0 fully saturated rings. The molecule has 0 spiro atoms. The molecular formula is C22H29BrFN3O3. The molecule has 0 saturated carbocycles. The van der Waals surface area contributed by atoms with Gasteiger partial charge in [-0.3, -0.25) is 14.5 Å². The summed E-state index contributed by atoms with van der Waals surface area (Å²) in [6.45, 7) is 7.70. The highest BCUT2D eigenvalue weighted by Gasteiger charge is 2.24. The molecule has 0 bridgehead atoms. The van der Waals surface area contributed by atoms with Gasteiger partial charge in [-0.2, -0.15) is 0 Å². The summed E-state index contributed by atoms with van der Waals surface area (Å²) >= 11 is 3.43. The standard InChI is InChI=1S/C22H29BrFN3O3/c1-5-10-27(11-6-9-24)20(28)16-12-15-7-8-17(23)14-18(15)25-19(13-16)26-21(29)30-22(2,3)4/h7-8,12,14H,5-6,9-11,13H2,1-4H3,(H,25,26,29). The van der Waals surface area contributed by atoms with E-state index in [9.17, 15) is 14.0 Å². The summed E-state index contributed by atoms with van der Waals surface area (Å²) in [7, 11) is 0. The number of alkyl halides is 1. The van der Waals surface area contributed by atoms with E-state index in [0.717, 1.165) is 16.5 Å². The maximum absolute atomic E-state index is 13.2. The Kier molecular flexibility index (Phi) is 8.58. The van der Waals surface area contributed by atoms with Crippen LogP contribution >= 0.6 is 15.9 Å². The summed E-state index contributed by atoms with van der Waals surface area (Å²) in [5.74, 6) is 0.141. The average Bonchev–Trinajstić information content (AvgIpc) is 2.81. The molecule has 2 amide bonds. The van der Waals surface area contributed by atoms with Crippen LogP contribution in [-0.2, 0) is 9.53 Å². The highest BCUT2D eigenvalue weighted by atomic mass is 79.9. The summed E-state index contributed by atoms with van der Waals surface area (Å²) in [5, 5.41) is 2.68. The van der Waals surface area contributed by atoms with Crippen LogP contribution in [0, 0.1) is 0 Å². The molecule has 0 aromatic heterocycles. The van der Waals surface area contributed by atoms with Crippen molar-refractivity contribution in [3.63, 3.8) is 0 Å². The van der Waals surface area contributed by atoms with Gasteiger partial charge >= 0.3 is 6.09 Å². The lowest BCUT2D eigenvalue weighted by Crippen LogP contribution is -2.38. The molecule has 0 aliphatic carbocycles. The molecular weight excluding hydrogens is 453 g/mol. The fourth-order valence-electron chi connectivity index (χ4n) is 3.01. The van der Waals surface area contributed by atoms with Crippen LogP contribution in [0.5, 0.6) is 0 Å². The Labute approximate surface area is 185 Å². The zero-order valence-electron chi connectivity index (χ0n) is 17.9. The van der Waals surface area contributed by atoms with Crippen LogP contribution in [0.25, 0.3) is 6.08 Å². The smallest absolute Gasteiger partial charge is 0.413 e. The van der Waals surface area contributed by atoms with Gasteiger partial charge in [-0.25, -0.2) is 9.79 Å². The largest absolute Gasteiger partial charge is 0.444 e. The number of halogens is 2. The van der Waals surface area contributed by atoms with E-state index in [1.807, 2.05) is 25.1 Å². The number of fused-ring (bicyclic) bond motifs is 1. The van der Waals surface area contributed by atoms with Crippen molar-refractivity contribution >= 4 is 45.5 Å². The highest BCUT2D eigenvalue weighted by Crippen LogP contribution is 2.30. The predicted octanol–water partition coefficient (Wildman–Crippen LogP) is 5.39. The van der Waals surface area contributed by atoms with Crippen molar-refractivity contribution in [3.8, 4) is 0 Å². The number of carbonyl (C=O) groups excluding carboxylic acids is 2. The summed E-state index contributed by atoms with van der Waals surface area (Å²) in [6.07, 6.45) is 2.36. The number of amides is 2. The van der Waals surface area contributed by atoms with Gasteiger partial charge < -0.3 is 9.64 Å². The van der Waals surface area contributed by atoms with Crippen molar-refractivity contribution < 1.29 is 18.7 Å². The average molecular weight is 482 g/mol. The molecule has 1 aromatic carbocycles. The molecule has 164 valence electrons. The SMILES string of the molecule is CCCN(CCCF)C(=O)C1=Cc2ccc(Br)cc2N=C(NC(=O)OC(C)(C)C)C1. The van der Waals surface area contributed by atoms with Crippen molar-refractivity contribution in [1.29, 1.82) is 0 Å². The molecule has 0 radical (unpaired) electrons. The lowest BCUT2D eigenvalue weighted by molar-refractivity contribution is -0.127. The van der Waals surface area contributed by atoms with Crippen LogP contribution in [-0.4, -0.2) is 48.1 Å². The van der Waals surface area contributed by atoms with E-state index in [4.69, 9.17) is 4.74 Å². The fourth-order valence-corrected chi connectivity index (χ4v) is 3.36. The minimum absolute atomic E-state index is 0.139. The number of amidine groups is 1. The number of hydrogen-bond donors (Lipinski definition) is 1. The molecule has 1 N–H and O–H groups in total. The van der Waals surface area contributed by atoms with Crippen LogP contribution in [0.2, 0.25) is 0 Å². The van der Waals surface area contributed by atoms with Crippen molar-refractivity contribution in [2.24, 2.45) is 4.99 Å². The zero-order chi connectivity index (χ0) is 22.3. The first-order valence-electron chi connectivity index (χ1n) is 10.1. The van der Waals surface area contributed by atoms with Gasteiger partial charge in [0.1, 0.15) is 11.4 Å². The molecule has 1 aliphatic rings. The second-order valence-electron chi connectivity index (χ2n) is 8.07. The lowest BCUT2D eigenvalue weighted by atomic mass is 10.1. The Bertz CT molecular complexity index is 847. The van der Waals surface area contributed by atoms with E-state index in [-0.39, 0.29) is 12.3 Å². The van der Waals surface area contributed by atoms with Crippen molar-refractivity contribution in [1.82, 2.24) is 10.2 Å². The van der Waals surface area contributed by atoms with E-state index in [0.29, 0.717) is 36.6 Å². The number of benzene rings is 1. The highest BCUT2D eigenvalue weighted by molar-refractivity contribution is 9.10. The van der Waals surface area contributed by atoms with E-state index in [1.165, 1.54) is 0 Å². The molecule has 1 aliphatic heterocycles. The normalized spacial score (nSPS) is 13.5. The number of rotatable bonds is 6. The summed E-state index contributed by atoms with van der Waals surface area (Å²) in [5.41, 5.74) is 1.22. The quantitative estimate of drug-likeness (QED) is 0.591. The first-order chi connectivity index (χ1) is 14.1. The topological polar surface area (TPSA) is 71.0 Å². The van der Waals surface area contributed by atoms with Crippen molar-refractivity contribution in [2.75, 3.05) is 19.8 Å². The maximum atomic E-state index is 13.2. The Morgan fingerprint density at radius 3 is 2.67 bits per heavy atom. The number of hydrogen-bond acceptors (Lipinski definition) is 4. The Balaban J connectivity index is 2.36. The predicted molar refractivity (Wildman–Crippen MR) is 121 cm³/mol. The molecule has 1 aromatic rings. The molecule has 2 rings (SSSR count). The van der Waals surface area contributed by atoms with E-state index >= 15 is 0 Å². The third-order valence-corrected chi connectivity index (χ3v) is 4.69. The summed E-state index contributed by atoms with van der Waals surface area (Å²) in [4.78, 5) is 31.7. The Hall–Kier alpha value is -2.22. The number of aliphatic imine (C=N–C) groups is 1. The maximum Gasteiger partial charge on any atom is 0.413 e. The second kappa shape index (κ2) is 10.7. The van der Waals surface area contributed by atoms with Gasteiger partial charge in [0, 0.05) is 35.1 Å². The number of ether oxygens (including phenoxy) is 1. The van der Waals surface area contributed by atoms with Crippen LogP contribution in [0.3, 0.4) is 0 Å². The Morgan fingerprint density at radius 1 is 1.30 bits per heavy atom. The van der Waals surface area contributed by atoms with Crippen molar-refractivity contribution in [2.45, 2.75) is 52.6 Å². The monoisotopic (exact) mass is 481 g/mol. The lowest BCUT2D eigenvalue weighted by Gasteiger charge is -2.23. The van der Waals surface area contributed by atoms with Crippen LogP contribution in [0.4, 0.5) is 14.9 Å². The molecule has 0 unspecified atom stereocenters. The molecule has 8 heteroatoms. The number of alkyl carbamates (subject to hydrolysis) is 1. The molecule has 30 heavy (non-hydrogen) atoms. The zero-order valence-corrected chi connectivity index (χ0v) is 19.5. The molecule has 0 atom stereocenters. The number of nitrogens with one attached hydrogen (secondary N) is 1. The number of carbonyl (C=O) groups is 2. The van der Waals surface area contributed by atoms with Gasteiger partial charge in [0.2, 0.25) is 5.91 Å². The van der Waals surface area contributed by atoms with Gasteiger partial charge in [-0.15, -0.1) is 0 Å². The van der Waals surface area contributed by atoms with Gasteiger partial charge in [0.05, 0.1) is 12.4 Å². The third kappa shape index (κ3) is 7.23. The third-order valence-electron chi connectivity index (χ3n) is 4.20. The van der Waals surface area contributed by atoms with Gasteiger partial charge in [0.25, 0.3) is 0 Å². The first-order valence-corrected chi connectivity index (χ1v) is 10.8. The van der Waals surface area contributed by atoms with Crippen LogP contribution in [0.15, 0.2) is 33.2 Å². The first kappa shape index (κ1) is 24.1. The van der Waals surface area contributed by atoms with Crippen molar-refractivity contribution in [3.05, 3.63) is 33.8 Å². The Morgan fingerprint density at radius 2 is 2.03 bits per heavy atom. The fraction of sp³-hybridized carbons (Fsp3) is 0.500. The van der Waals surface area contributed by atoms with E-state index in [1.54, 1.807) is 31.7 Å². The molecule has 1 heterocycles. The van der Waals surface area contributed by atoms with Gasteiger partial charge in [-0.05, 0) is 51.8 Å². The van der Waals surface area contributed by atoms with Crippen LogP contribution in [0.1, 0.15) is 52.5 Å². The summed E-state index contributed by atoms with van der Waals surface area (Å²) < 4.78 is 18.9. The van der Waals surface area contributed by atoms with E-state index in [2.05, 4.69) is 26.2 Å². The minimum atomic E-state index is -0.658. The van der Waals surface area contributed by atoms with Gasteiger partial charge in [0.15, 0.2) is 0 Å².